The van der Waals surface area contributed by atoms with Gasteiger partial charge in [-0.1, -0.05) is 60.7 Å². The van der Waals surface area contributed by atoms with E-state index in [0.717, 1.165) is 30.6 Å². The number of rotatable bonds is 6. The van der Waals surface area contributed by atoms with Crippen LogP contribution in [0.2, 0.25) is 0 Å². The smallest absolute Gasteiger partial charge is 0.410 e. The van der Waals surface area contributed by atoms with E-state index >= 15 is 0 Å². The number of benzene rings is 2. The summed E-state index contributed by atoms with van der Waals surface area (Å²) in [6.07, 6.45) is 9.77. The third-order valence-corrected chi connectivity index (χ3v) is 6.01. The number of carbonyl (C=O) groups excluding carboxylic acids is 1. The van der Waals surface area contributed by atoms with Crippen LogP contribution in [0, 0.1) is 0 Å². The second-order valence-electron chi connectivity index (χ2n) is 7.84. The van der Waals surface area contributed by atoms with Crippen molar-refractivity contribution in [2.24, 2.45) is 0 Å². The molecule has 156 valence electrons. The first-order chi connectivity index (χ1) is 14.8. The van der Waals surface area contributed by atoms with E-state index in [1.165, 1.54) is 29.6 Å². The maximum atomic E-state index is 12.3. The monoisotopic (exact) mass is 403 g/mol. The Hall–Kier alpha value is -3.01. The summed E-state index contributed by atoms with van der Waals surface area (Å²) in [5.41, 5.74) is 5.08. The minimum atomic E-state index is -0.226. The molecule has 2 aromatic rings. The van der Waals surface area contributed by atoms with Crippen LogP contribution in [0.25, 0.3) is 0 Å². The molecule has 4 rings (SSSR count). The minimum Gasteiger partial charge on any atom is -0.496 e. The van der Waals surface area contributed by atoms with Crippen molar-refractivity contribution in [1.29, 1.82) is 0 Å². The Balaban J connectivity index is 1.50. The molecule has 1 atom stereocenters. The minimum absolute atomic E-state index is 0.0137. The maximum Gasteiger partial charge on any atom is 0.410 e. The van der Waals surface area contributed by atoms with Crippen molar-refractivity contribution in [3.8, 4) is 5.75 Å². The molecular weight excluding hydrogens is 374 g/mol. The number of methoxy groups -OCH3 is 1. The van der Waals surface area contributed by atoms with Gasteiger partial charge < -0.3 is 9.47 Å². The second-order valence-corrected chi connectivity index (χ2v) is 7.84. The fraction of sp³-hybridized carbons (Fsp3) is 0.346. The molecule has 30 heavy (non-hydrogen) atoms. The first-order valence-corrected chi connectivity index (χ1v) is 10.7. The van der Waals surface area contributed by atoms with Gasteiger partial charge in [-0.2, -0.15) is 0 Å². The molecule has 4 nitrogen and oxygen atoms in total. The lowest BCUT2D eigenvalue weighted by atomic mass is 9.88. The zero-order valence-corrected chi connectivity index (χ0v) is 17.5. The van der Waals surface area contributed by atoms with Crippen LogP contribution in [0.5, 0.6) is 5.75 Å². The van der Waals surface area contributed by atoms with Gasteiger partial charge in [0.15, 0.2) is 0 Å². The zero-order valence-electron chi connectivity index (χ0n) is 17.5. The van der Waals surface area contributed by atoms with Crippen molar-refractivity contribution < 1.29 is 14.3 Å². The van der Waals surface area contributed by atoms with Crippen LogP contribution in [-0.2, 0) is 11.2 Å². The Morgan fingerprint density at radius 3 is 2.47 bits per heavy atom. The molecule has 2 aromatic carbocycles. The highest BCUT2D eigenvalue weighted by atomic mass is 16.6. The zero-order chi connectivity index (χ0) is 20.8. The molecule has 0 bridgehead atoms. The molecule has 2 aliphatic rings. The Morgan fingerprint density at radius 2 is 1.70 bits per heavy atom. The largest absolute Gasteiger partial charge is 0.496 e. The summed E-state index contributed by atoms with van der Waals surface area (Å²) in [7, 11) is 1.72. The maximum absolute atomic E-state index is 12.3. The lowest BCUT2D eigenvalue weighted by molar-refractivity contribution is 0.160. The number of hydrogen-bond acceptors (Lipinski definition) is 3. The fourth-order valence-corrected chi connectivity index (χ4v) is 4.34. The van der Waals surface area contributed by atoms with Gasteiger partial charge in [0.05, 0.1) is 13.2 Å². The van der Waals surface area contributed by atoms with Crippen LogP contribution < -0.4 is 4.74 Å². The molecule has 0 radical (unpaired) electrons. The molecule has 1 aliphatic carbocycles. The molecule has 1 amide bonds. The third-order valence-electron chi connectivity index (χ3n) is 6.01. The summed E-state index contributed by atoms with van der Waals surface area (Å²) in [5.74, 6) is 0.932. The number of hydrogen-bond donors (Lipinski definition) is 0. The third kappa shape index (κ3) is 4.59. The van der Waals surface area contributed by atoms with Gasteiger partial charge in [-0.05, 0) is 60.4 Å². The van der Waals surface area contributed by atoms with Crippen LogP contribution in [0.1, 0.15) is 42.9 Å². The van der Waals surface area contributed by atoms with Gasteiger partial charge in [-0.15, -0.1) is 0 Å². The molecule has 1 saturated heterocycles. The molecule has 0 spiro atoms. The lowest BCUT2D eigenvalue weighted by Crippen LogP contribution is -2.28. The highest BCUT2D eigenvalue weighted by Crippen LogP contribution is 2.32. The highest BCUT2D eigenvalue weighted by molar-refractivity contribution is 5.70. The SMILES string of the molecule is COc1ccccc1C/C=C1/CCCC/C1=C\CN1C(=O)OC[C@H]1c1ccccc1. The normalized spacial score (nSPS) is 21.8. The van der Waals surface area contributed by atoms with Gasteiger partial charge in [-0.25, -0.2) is 4.79 Å². The van der Waals surface area contributed by atoms with Crippen LogP contribution in [0.3, 0.4) is 0 Å². The summed E-state index contributed by atoms with van der Waals surface area (Å²) >= 11 is 0. The van der Waals surface area contributed by atoms with Crippen molar-refractivity contribution in [3.63, 3.8) is 0 Å². The first kappa shape index (κ1) is 20.3. The predicted molar refractivity (Wildman–Crippen MR) is 119 cm³/mol. The number of carbonyl (C=O) groups is 1. The van der Waals surface area contributed by atoms with Crippen molar-refractivity contribution in [1.82, 2.24) is 4.90 Å². The van der Waals surface area contributed by atoms with Gasteiger partial charge >= 0.3 is 6.09 Å². The number of para-hydroxylation sites is 1. The number of cyclic esters (lactones) is 1. The van der Waals surface area contributed by atoms with E-state index in [2.05, 4.69) is 36.4 Å². The van der Waals surface area contributed by atoms with Crippen molar-refractivity contribution in [3.05, 3.63) is 89.0 Å². The van der Waals surface area contributed by atoms with Crippen LogP contribution >= 0.6 is 0 Å². The highest BCUT2D eigenvalue weighted by Gasteiger charge is 2.33. The summed E-state index contributed by atoms with van der Waals surface area (Å²) in [6, 6.07) is 18.3. The van der Waals surface area contributed by atoms with Crippen molar-refractivity contribution in [2.45, 2.75) is 38.1 Å². The lowest BCUT2D eigenvalue weighted by Gasteiger charge is -2.23. The van der Waals surface area contributed by atoms with E-state index in [-0.39, 0.29) is 12.1 Å². The molecule has 0 aromatic heterocycles. The van der Waals surface area contributed by atoms with Gasteiger partial charge in [0.25, 0.3) is 0 Å². The summed E-state index contributed by atoms with van der Waals surface area (Å²) in [4.78, 5) is 14.2. The van der Waals surface area contributed by atoms with Crippen LogP contribution in [0.15, 0.2) is 77.9 Å². The molecule has 0 N–H and O–H groups in total. The molecule has 4 heteroatoms. The fourth-order valence-electron chi connectivity index (χ4n) is 4.34. The second kappa shape index (κ2) is 9.66. The van der Waals surface area contributed by atoms with Gasteiger partial charge in [0.2, 0.25) is 0 Å². The predicted octanol–water partition coefficient (Wildman–Crippen LogP) is 5.86. The molecular formula is C26H29NO3. The number of nitrogens with zero attached hydrogens (tertiary/aromatic N) is 1. The number of allylic oxidation sites excluding steroid dienone is 3. The van der Waals surface area contributed by atoms with Crippen molar-refractivity contribution in [2.75, 3.05) is 20.3 Å². The molecule has 0 unspecified atom stereocenters. The van der Waals surface area contributed by atoms with Gasteiger partial charge in [-0.3, -0.25) is 4.90 Å². The topological polar surface area (TPSA) is 38.8 Å². The van der Waals surface area contributed by atoms with E-state index in [1.807, 2.05) is 35.2 Å². The average Bonchev–Trinajstić information content (AvgIpc) is 3.17. The Labute approximate surface area is 178 Å². The van der Waals surface area contributed by atoms with Crippen LogP contribution in [0.4, 0.5) is 4.79 Å². The Kier molecular flexibility index (Phi) is 6.53. The summed E-state index contributed by atoms with van der Waals surface area (Å²) < 4.78 is 10.9. The van der Waals surface area contributed by atoms with E-state index in [1.54, 1.807) is 7.11 Å². The quantitative estimate of drug-likeness (QED) is 0.606. The van der Waals surface area contributed by atoms with Crippen molar-refractivity contribution >= 4 is 6.09 Å². The number of ether oxygens (including phenoxy) is 2. The molecule has 1 heterocycles. The molecule has 2 fully saturated rings. The molecule has 1 saturated carbocycles. The summed E-state index contributed by atoms with van der Waals surface area (Å²) in [5, 5.41) is 0. The average molecular weight is 404 g/mol. The Morgan fingerprint density at radius 1 is 1.00 bits per heavy atom. The Bertz CT molecular complexity index is 932. The van der Waals surface area contributed by atoms with Crippen LogP contribution in [-0.4, -0.2) is 31.3 Å². The molecule has 1 aliphatic heterocycles. The standard InChI is InChI=1S/C26H29NO3/c1-29-25-14-8-7-13-23(25)16-15-20-9-5-6-10-21(20)17-18-27-24(19-30-26(27)28)22-11-3-2-4-12-22/h2-4,7-8,11-15,17,24H,5-6,9-10,16,18-19H2,1H3/b20-15-,21-17+/t24-/m0/s1. The van der Waals surface area contributed by atoms with E-state index in [0.29, 0.717) is 13.2 Å². The van der Waals surface area contributed by atoms with Gasteiger partial charge in [0, 0.05) is 6.54 Å². The summed E-state index contributed by atoms with van der Waals surface area (Å²) in [6.45, 7) is 1.00. The van der Waals surface area contributed by atoms with Gasteiger partial charge in [0.1, 0.15) is 12.4 Å². The first-order valence-electron chi connectivity index (χ1n) is 10.7. The van der Waals surface area contributed by atoms with E-state index in [9.17, 15) is 4.79 Å². The van der Waals surface area contributed by atoms with E-state index in [4.69, 9.17) is 9.47 Å². The van der Waals surface area contributed by atoms with E-state index < -0.39 is 0 Å². The number of amides is 1.